The van der Waals surface area contributed by atoms with Crippen molar-refractivity contribution in [2.45, 2.75) is 6.92 Å². The first-order valence-electron chi connectivity index (χ1n) is 6.13. The lowest BCUT2D eigenvalue weighted by molar-refractivity contribution is 0.424. The average Bonchev–Trinajstić information content (AvgIpc) is 3.17. The fourth-order valence-corrected chi connectivity index (χ4v) is 2.80. The Hall–Kier alpha value is -2.47. The normalized spacial score (nSPS) is 11.2. The molecule has 0 N–H and O–H groups in total. The predicted octanol–water partition coefficient (Wildman–Crippen LogP) is 3.45. The van der Waals surface area contributed by atoms with Gasteiger partial charge in [0.05, 0.1) is 10.4 Å². The van der Waals surface area contributed by atoms with Crippen molar-refractivity contribution in [1.29, 1.82) is 0 Å². The fraction of sp³-hybridized carbons (Fsp3) is 0.0714. The summed E-state index contributed by atoms with van der Waals surface area (Å²) in [6, 6.07) is 8.09. The van der Waals surface area contributed by atoms with Crippen LogP contribution in [0.5, 0.6) is 0 Å². The summed E-state index contributed by atoms with van der Waals surface area (Å²) in [6.45, 7) is 1.89. The van der Waals surface area contributed by atoms with Gasteiger partial charge in [-0.2, -0.15) is 4.37 Å². The smallest absolute Gasteiger partial charge is 0.202 e. The van der Waals surface area contributed by atoms with Gasteiger partial charge in [-0.3, -0.25) is 4.57 Å². The lowest BCUT2D eigenvalue weighted by atomic mass is 10.2. The van der Waals surface area contributed by atoms with Gasteiger partial charge in [-0.25, -0.2) is 4.98 Å². The minimum atomic E-state index is 0.663. The summed E-state index contributed by atoms with van der Waals surface area (Å²) >= 11 is 1.49. The van der Waals surface area contributed by atoms with E-state index in [1.807, 2.05) is 30.0 Å². The molecule has 0 aliphatic carbocycles. The van der Waals surface area contributed by atoms with Crippen LogP contribution in [0.3, 0.4) is 0 Å². The van der Waals surface area contributed by atoms with Crippen molar-refractivity contribution in [3.05, 3.63) is 48.5 Å². The van der Waals surface area contributed by atoms with Crippen LogP contribution >= 0.6 is 11.5 Å². The van der Waals surface area contributed by atoms with Gasteiger partial charge in [0.15, 0.2) is 5.82 Å². The van der Waals surface area contributed by atoms with E-state index in [9.17, 15) is 0 Å². The van der Waals surface area contributed by atoms with Gasteiger partial charge >= 0.3 is 0 Å². The molecule has 4 rings (SSSR count). The molecule has 4 aromatic rings. The molecule has 0 aliphatic rings. The van der Waals surface area contributed by atoms with Crippen LogP contribution < -0.4 is 0 Å². The standard InChI is InChI=1S/C14H10N4OS/c1-9-6-12(19-17-9)14-15-4-5-18(14)11-2-3-13-10(7-11)8-16-20-13/h2-8H,1H3. The summed E-state index contributed by atoms with van der Waals surface area (Å²) in [7, 11) is 0. The van der Waals surface area contributed by atoms with Crippen LogP contribution in [-0.2, 0) is 0 Å². The highest BCUT2D eigenvalue weighted by atomic mass is 32.1. The maximum atomic E-state index is 5.30. The lowest BCUT2D eigenvalue weighted by Crippen LogP contribution is -1.95. The molecule has 98 valence electrons. The summed E-state index contributed by atoms with van der Waals surface area (Å²) < 4.78 is 12.7. The number of nitrogens with zero attached hydrogens (tertiary/aromatic N) is 4. The Morgan fingerprint density at radius 2 is 2.20 bits per heavy atom. The van der Waals surface area contributed by atoms with Gasteiger partial charge < -0.3 is 4.52 Å². The van der Waals surface area contributed by atoms with Crippen molar-refractivity contribution < 1.29 is 4.52 Å². The third-order valence-corrected chi connectivity index (χ3v) is 3.88. The van der Waals surface area contributed by atoms with E-state index in [0.29, 0.717) is 5.76 Å². The van der Waals surface area contributed by atoms with E-state index in [1.165, 1.54) is 16.2 Å². The number of imidazole rings is 1. The number of benzene rings is 1. The number of hydrogen-bond acceptors (Lipinski definition) is 5. The molecule has 6 heteroatoms. The second-order valence-electron chi connectivity index (χ2n) is 4.50. The fourth-order valence-electron chi connectivity index (χ4n) is 2.17. The van der Waals surface area contributed by atoms with Gasteiger partial charge in [0.1, 0.15) is 0 Å². The highest BCUT2D eigenvalue weighted by molar-refractivity contribution is 7.13. The van der Waals surface area contributed by atoms with Gasteiger partial charge in [0.2, 0.25) is 5.76 Å². The van der Waals surface area contributed by atoms with E-state index < -0.39 is 0 Å². The third-order valence-electron chi connectivity index (χ3n) is 3.10. The van der Waals surface area contributed by atoms with Crippen LogP contribution in [0, 0.1) is 6.92 Å². The second kappa shape index (κ2) is 4.28. The van der Waals surface area contributed by atoms with E-state index in [0.717, 1.165) is 22.6 Å². The Bertz CT molecular complexity index is 889. The maximum Gasteiger partial charge on any atom is 0.202 e. The van der Waals surface area contributed by atoms with Crippen molar-refractivity contribution in [2.24, 2.45) is 0 Å². The molecule has 20 heavy (non-hydrogen) atoms. The monoisotopic (exact) mass is 282 g/mol. The number of fused-ring (bicyclic) bond motifs is 1. The Morgan fingerprint density at radius 3 is 3.05 bits per heavy atom. The number of aromatic nitrogens is 4. The average molecular weight is 282 g/mol. The third kappa shape index (κ3) is 1.73. The summed E-state index contributed by atoms with van der Waals surface area (Å²) in [5, 5.41) is 5.04. The van der Waals surface area contributed by atoms with E-state index in [1.54, 1.807) is 6.20 Å². The first-order valence-corrected chi connectivity index (χ1v) is 6.90. The van der Waals surface area contributed by atoms with Crippen molar-refractivity contribution in [3.63, 3.8) is 0 Å². The molecule has 0 amide bonds. The number of rotatable bonds is 2. The van der Waals surface area contributed by atoms with Gasteiger partial charge in [-0.15, -0.1) is 0 Å². The molecule has 0 fully saturated rings. The molecule has 5 nitrogen and oxygen atoms in total. The van der Waals surface area contributed by atoms with Crippen LogP contribution in [0.25, 0.3) is 27.4 Å². The molecule has 0 radical (unpaired) electrons. The molecule has 3 aromatic heterocycles. The van der Waals surface area contributed by atoms with E-state index in [4.69, 9.17) is 4.52 Å². The molecule has 0 unspecified atom stereocenters. The van der Waals surface area contributed by atoms with Crippen LogP contribution in [0.1, 0.15) is 5.69 Å². The Kier molecular flexibility index (Phi) is 2.43. The zero-order chi connectivity index (χ0) is 13.5. The van der Waals surface area contributed by atoms with E-state index >= 15 is 0 Å². The summed E-state index contributed by atoms with van der Waals surface area (Å²) in [4.78, 5) is 4.36. The first kappa shape index (κ1) is 11.4. The molecular weight excluding hydrogens is 272 g/mol. The Morgan fingerprint density at radius 1 is 1.25 bits per heavy atom. The molecule has 3 heterocycles. The SMILES string of the molecule is Cc1cc(-c2nccn2-c2ccc3sncc3c2)on1. The molecule has 1 aromatic carbocycles. The highest BCUT2D eigenvalue weighted by Gasteiger charge is 2.12. The zero-order valence-electron chi connectivity index (χ0n) is 10.6. The predicted molar refractivity (Wildman–Crippen MR) is 77.0 cm³/mol. The largest absolute Gasteiger partial charge is 0.353 e. The molecule has 0 saturated carbocycles. The summed E-state index contributed by atoms with van der Waals surface area (Å²) in [6.07, 6.45) is 5.54. The van der Waals surface area contributed by atoms with Crippen LogP contribution in [0.15, 0.2) is 47.4 Å². The topological polar surface area (TPSA) is 56.7 Å². The quantitative estimate of drug-likeness (QED) is 0.565. The van der Waals surface area contributed by atoms with Crippen molar-refractivity contribution in [3.8, 4) is 17.3 Å². The number of aryl methyl sites for hydroxylation is 1. The molecule has 0 atom stereocenters. The Balaban J connectivity index is 1.88. The van der Waals surface area contributed by atoms with Crippen LogP contribution in [0.2, 0.25) is 0 Å². The Labute approximate surface area is 118 Å². The van der Waals surface area contributed by atoms with Crippen LogP contribution in [0.4, 0.5) is 0 Å². The second-order valence-corrected chi connectivity index (χ2v) is 5.33. The minimum Gasteiger partial charge on any atom is -0.353 e. The van der Waals surface area contributed by atoms with Gasteiger partial charge in [0, 0.05) is 35.7 Å². The molecule has 0 saturated heterocycles. The van der Waals surface area contributed by atoms with Crippen LogP contribution in [-0.4, -0.2) is 19.1 Å². The summed E-state index contributed by atoms with van der Waals surface area (Å²) in [5.74, 6) is 1.41. The number of hydrogen-bond donors (Lipinski definition) is 0. The maximum absolute atomic E-state index is 5.30. The lowest BCUT2D eigenvalue weighted by Gasteiger charge is -2.05. The highest BCUT2D eigenvalue weighted by Crippen LogP contribution is 2.25. The minimum absolute atomic E-state index is 0.663. The summed E-state index contributed by atoms with van der Waals surface area (Å²) in [5.41, 5.74) is 1.87. The first-order chi connectivity index (χ1) is 9.81. The molecular formula is C14H10N4OS. The van der Waals surface area contributed by atoms with E-state index in [-0.39, 0.29) is 0 Å². The molecule has 0 spiro atoms. The van der Waals surface area contributed by atoms with Crippen molar-refractivity contribution in [2.75, 3.05) is 0 Å². The van der Waals surface area contributed by atoms with Crippen molar-refractivity contribution in [1.82, 2.24) is 19.1 Å². The van der Waals surface area contributed by atoms with Gasteiger partial charge in [0.25, 0.3) is 0 Å². The zero-order valence-corrected chi connectivity index (χ0v) is 11.5. The van der Waals surface area contributed by atoms with E-state index in [2.05, 4.69) is 32.7 Å². The molecule has 0 aliphatic heterocycles. The molecule has 0 bridgehead atoms. The van der Waals surface area contributed by atoms with Gasteiger partial charge in [-0.05, 0) is 36.7 Å². The van der Waals surface area contributed by atoms with Gasteiger partial charge in [-0.1, -0.05) is 5.16 Å². The van der Waals surface area contributed by atoms with Crippen molar-refractivity contribution >= 4 is 21.6 Å².